The molecule has 3 aromatic rings. The van der Waals surface area contributed by atoms with E-state index in [9.17, 15) is 10.1 Å². The van der Waals surface area contributed by atoms with E-state index >= 15 is 0 Å². The molecule has 0 aliphatic rings. The fourth-order valence-electron chi connectivity index (χ4n) is 2.56. The van der Waals surface area contributed by atoms with E-state index in [2.05, 4.69) is 10.6 Å². The van der Waals surface area contributed by atoms with Gasteiger partial charge in [-0.3, -0.25) is 10.1 Å². The van der Waals surface area contributed by atoms with E-state index in [4.69, 9.17) is 39.2 Å². The van der Waals surface area contributed by atoms with Gasteiger partial charge < -0.3 is 15.1 Å². The van der Waals surface area contributed by atoms with Gasteiger partial charge in [0, 0.05) is 35.8 Å². The predicted octanol–water partition coefficient (Wildman–Crippen LogP) is 6.44. The average Bonchev–Trinajstić information content (AvgIpc) is 3.13. The molecular formula is C19H17Cl4N3O3. The standard InChI is InChI=1S/C19H16Cl3N3O3.ClH/c20-12-1-4-16(21)15(9-12)19-6-3-14(28-19)11-23-7-8-24-18-5-2-13(25(26)27)10-17(18)22;/h1-6,9-10,23-24H,7-8,11H2;1H. The summed E-state index contributed by atoms with van der Waals surface area (Å²) < 4.78 is 5.81. The number of anilines is 1. The van der Waals surface area contributed by atoms with Crippen LogP contribution in [0, 0.1) is 10.1 Å². The highest BCUT2D eigenvalue weighted by molar-refractivity contribution is 6.35. The Kier molecular flexibility index (Phi) is 8.61. The second-order valence-electron chi connectivity index (χ2n) is 5.91. The van der Waals surface area contributed by atoms with Crippen molar-refractivity contribution in [2.75, 3.05) is 18.4 Å². The molecule has 3 rings (SSSR count). The number of hydrogen-bond donors (Lipinski definition) is 2. The van der Waals surface area contributed by atoms with E-state index < -0.39 is 4.92 Å². The first-order valence-electron chi connectivity index (χ1n) is 8.36. The van der Waals surface area contributed by atoms with Gasteiger partial charge in [-0.05, 0) is 36.4 Å². The van der Waals surface area contributed by atoms with Crippen LogP contribution in [0.5, 0.6) is 0 Å². The van der Waals surface area contributed by atoms with Crippen molar-refractivity contribution in [2.45, 2.75) is 6.54 Å². The van der Waals surface area contributed by atoms with Gasteiger partial charge in [0.1, 0.15) is 11.5 Å². The molecule has 1 heterocycles. The maximum atomic E-state index is 10.7. The van der Waals surface area contributed by atoms with Crippen LogP contribution in [0.4, 0.5) is 11.4 Å². The minimum Gasteiger partial charge on any atom is -0.460 e. The number of nitro benzene ring substituents is 1. The molecule has 0 aliphatic heterocycles. The third kappa shape index (κ3) is 6.26. The molecule has 0 atom stereocenters. The Balaban J connectivity index is 0.00000300. The summed E-state index contributed by atoms with van der Waals surface area (Å²) in [6.45, 7) is 1.76. The predicted molar refractivity (Wildman–Crippen MR) is 120 cm³/mol. The summed E-state index contributed by atoms with van der Waals surface area (Å²) in [7, 11) is 0. The van der Waals surface area contributed by atoms with Crippen LogP contribution in [0.25, 0.3) is 11.3 Å². The topological polar surface area (TPSA) is 80.3 Å². The van der Waals surface area contributed by atoms with Crippen LogP contribution in [0.1, 0.15) is 5.76 Å². The lowest BCUT2D eigenvalue weighted by Crippen LogP contribution is -2.21. The molecule has 0 spiro atoms. The van der Waals surface area contributed by atoms with Gasteiger partial charge in [0.2, 0.25) is 0 Å². The number of rotatable bonds is 8. The molecule has 1 aromatic heterocycles. The molecule has 0 bridgehead atoms. The van der Waals surface area contributed by atoms with Crippen LogP contribution in [0.15, 0.2) is 52.9 Å². The quantitative estimate of drug-likeness (QED) is 0.222. The lowest BCUT2D eigenvalue weighted by Gasteiger charge is -2.08. The van der Waals surface area contributed by atoms with E-state index in [-0.39, 0.29) is 18.1 Å². The van der Waals surface area contributed by atoms with Crippen molar-refractivity contribution in [3.63, 3.8) is 0 Å². The largest absolute Gasteiger partial charge is 0.460 e. The minimum atomic E-state index is -0.481. The highest BCUT2D eigenvalue weighted by Crippen LogP contribution is 2.31. The van der Waals surface area contributed by atoms with Crippen LogP contribution in [0.2, 0.25) is 15.1 Å². The summed E-state index contributed by atoms with van der Waals surface area (Å²) in [6, 6.07) is 13.3. The Bertz CT molecular complexity index is 995. The molecule has 0 saturated carbocycles. The summed E-state index contributed by atoms with van der Waals surface area (Å²) in [4.78, 5) is 10.2. The number of nitrogens with zero attached hydrogens (tertiary/aromatic N) is 1. The number of non-ortho nitro benzene ring substituents is 1. The van der Waals surface area contributed by atoms with E-state index in [1.54, 1.807) is 24.3 Å². The van der Waals surface area contributed by atoms with Crippen molar-refractivity contribution < 1.29 is 9.34 Å². The molecule has 0 saturated heterocycles. The highest BCUT2D eigenvalue weighted by Gasteiger charge is 2.10. The zero-order valence-corrected chi connectivity index (χ0v) is 18.0. The van der Waals surface area contributed by atoms with E-state index in [1.165, 1.54) is 12.1 Å². The van der Waals surface area contributed by atoms with Crippen molar-refractivity contribution >= 4 is 58.6 Å². The van der Waals surface area contributed by atoms with Crippen LogP contribution in [0.3, 0.4) is 0 Å². The molecule has 0 aliphatic carbocycles. The SMILES string of the molecule is Cl.O=[N+]([O-])c1ccc(NCCNCc2ccc(-c3cc(Cl)ccc3Cl)o2)c(Cl)c1. The molecule has 6 nitrogen and oxygen atoms in total. The Hall–Kier alpha value is -1.96. The third-order valence-corrected chi connectivity index (χ3v) is 4.81. The number of halogens is 4. The van der Waals surface area contributed by atoms with Gasteiger partial charge in [-0.1, -0.05) is 34.8 Å². The second kappa shape index (κ2) is 10.7. The molecular weight excluding hydrogens is 460 g/mol. The van der Waals surface area contributed by atoms with Crippen LogP contribution >= 0.6 is 47.2 Å². The molecule has 10 heteroatoms. The minimum absolute atomic E-state index is 0. The first-order valence-corrected chi connectivity index (χ1v) is 9.50. The Morgan fingerprint density at radius 2 is 1.76 bits per heavy atom. The Morgan fingerprint density at radius 1 is 0.966 bits per heavy atom. The van der Waals surface area contributed by atoms with Crippen LogP contribution in [-0.2, 0) is 6.54 Å². The van der Waals surface area contributed by atoms with E-state index in [1.807, 2.05) is 12.1 Å². The summed E-state index contributed by atoms with van der Waals surface area (Å²) in [6.07, 6.45) is 0. The first kappa shape index (κ1) is 23.3. The molecule has 0 radical (unpaired) electrons. The molecule has 2 N–H and O–H groups in total. The average molecular weight is 477 g/mol. The molecule has 154 valence electrons. The fraction of sp³-hybridized carbons (Fsp3) is 0.158. The Morgan fingerprint density at radius 3 is 2.48 bits per heavy atom. The van der Waals surface area contributed by atoms with E-state index in [0.29, 0.717) is 46.1 Å². The van der Waals surface area contributed by atoms with Crippen LogP contribution < -0.4 is 10.6 Å². The highest BCUT2D eigenvalue weighted by atomic mass is 35.5. The molecule has 29 heavy (non-hydrogen) atoms. The maximum absolute atomic E-state index is 10.7. The third-order valence-electron chi connectivity index (χ3n) is 3.94. The zero-order valence-electron chi connectivity index (χ0n) is 15.0. The van der Waals surface area contributed by atoms with Gasteiger partial charge in [0.05, 0.1) is 27.2 Å². The van der Waals surface area contributed by atoms with Gasteiger partial charge in [0.15, 0.2) is 0 Å². The molecule has 0 unspecified atom stereocenters. The maximum Gasteiger partial charge on any atom is 0.271 e. The van der Waals surface area contributed by atoms with Crippen molar-refractivity contribution in [1.82, 2.24) is 5.32 Å². The van der Waals surface area contributed by atoms with Crippen LogP contribution in [-0.4, -0.2) is 18.0 Å². The lowest BCUT2D eigenvalue weighted by atomic mass is 10.2. The number of benzene rings is 2. The van der Waals surface area contributed by atoms with Gasteiger partial charge in [-0.25, -0.2) is 0 Å². The van der Waals surface area contributed by atoms with Gasteiger partial charge in [-0.15, -0.1) is 12.4 Å². The number of nitro groups is 1. The Labute approximate surface area is 188 Å². The fourth-order valence-corrected chi connectivity index (χ4v) is 3.19. The molecule has 0 fully saturated rings. The second-order valence-corrected chi connectivity index (χ2v) is 7.17. The summed E-state index contributed by atoms with van der Waals surface area (Å²) in [5.41, 5.74) is 1.35. The molecule has 2 aromatic carbocycles. The summed E-state index contributed by atoms with van der Waals surface area (Å²) in [5, 5.41) is 18.6. The van der Waals surface area contributed by atoms with Crippen molar-refractivity contribution in [3.05, 3.63) is 79.5 Å². The van der Waals surface area contributed by atoms with Crippen molar-refractivity contribution in [3.8, 4) is 11.3 Å². The monoisotopic (exact) mass is 475 g/mol. The first-order chi connectivity index (χ1) is 13.4. The van der Waals surface area contributed by atoms with Crippen molar-refractivity contribution in [1.29, 1.82) is 0 Å². The zero-order chi connectivity index (χ0) is 20.1. The van der Waals surface area contributed by atoms with Gasteiger partial charge in [0.25, 0.3) is 5.69 Å². The van der Waals surface area contributed by atoms with E-state index in [0.717, 1.165) is 11.3 Å². The van der Waals surface area contributed by atoms with Gasteiger partial charge >= 0.3 is 0 Å². The van der Waals surface area contributed by atoms with Gasteiger partial charge in [-0.2, -0.15) is 0 Å². The molecule has 0 amide bonds. The lowest BCUT2D eigenvalue weighted by molar-refractivity contribution is -0.384. The number of hydrogen-bond acceptors (Lipinski definition) is 5. The smallest absolute Gasteiger partial charge is 0.271 e. The number of furan rings is 1. The summed E-state index contributed by atoms with van der Waals surface area (Å²) >= 11 is 18.3. The summed E-state index contributed by atoms with van der Waals surface area (Å²) in [5.74, 6) is 1.42. The van der Waals surface area contributed by atoms with Crippen molar-refractivity contribution in [2.24, 2.45) is 0 Å². The number of nitrogens with one attached hydrogen (secondary N) is 2. The normalized spacial score (nSPS) is 10.4.